The molecular formula is C15H21N3O6S. The second kappa shape index (κ2) is 8.47. The van der Waals surface area contributed by atoms with Gasteiger partial charge in [0.25, 0.3) is 5.91 Å². The molecule has 0 aliphatic heterocycles. The van der Waals surface area contributed by atoms with Crippen molar-refractivity contribution in [1.29, 1.82) is 0 Å². The van der Waals surface area contributed by atoms with Crippen molar-refractivity contribution in [2.75, 3.05) is 24.2 Å². The number of para-hydroxylation sites is 1. The maximum absolute atomic E-state index is 12.0. The third-order valence-electron chi connectivity index (χ3n) is 3.20. The predicted octanol–water partition coefficient (Wildman–Crippen LogP) is 0.148. The number of hydrogen-bond acceptors (Lipinski definition) is 6. The maximum Gasteiger partial charge on any atom is 0.327 e. The zero-order chi connectivity index (χ0) is 19.2. The van der Waals surface area contributed by atoms with Crippen molar-refractivity contribution in [1.82, 2.24) is 10.6 Å². The van der Waals surface area contributed by atoms with Gasteiger partial charge in [0.05, 0.1) is 11.9 Å². The van der Waals surface area contributed by atoms with Crippen LogP contribution in [0.2, 0.25) is 0 Å². The first-order chi connectivity index (χ1) is 11.6. The molecule has 0 unspecified atom stereocenters. The first-order valence-corrected chi connectivity index (χ1v) is 9.16. The Morgan fingerprint density at radius 2 is 1.84 bits per heavy atom. The minimum atomic E-state index is -3.75. The van der Waals surface area contributed by atoms with Gasteiger partial charge in [-0.3, -0.25) is 19.2 Å². The molecule has 0 aliphatic carbocycles. The largest absolute Gasteiger partial charge is 0.451 e. The molecule has 0 bridgehead atoms. The number of carbonyl (C=O) groups excluding carboxylic acids is 3. The van der Waals surface area contributed by atoms with E-state index in [1.54, 1.807) is 31.2 Å². The van der Waals surface area contributed by atoms with Crippen LogP contribution >= 0.6 is 0 Å². The summed E-state index contributed by atoms with van der Waals surface area (Å²) in [5.41, 5.74) is 0.996. The number of nitrogens with zero attached hydrogens (tertiary/aromatic N) is 1. The van der Waals surface area contributed by atoms with Gasteiger partial charge in [0.1, 0.15) is 6.54 Å². The van der Waals surface area contributed by atoms with Crippen LogP contribution in [-0.4, -0.2) is 52.3 Å². The minimum absolute atomic E-state index is 0.337. The van der Waals surface area contributed by atoms with Crippen LogP contribution in [0.25, 0.3) is 0 Å². The molecule has 3 amide bonds. The summed E-state index contributed by atoms with van der Waals surface area (Å²) in [6.45, 7) is 2.38. The lowest BCUT2D eigenvalue weighted by Crippen LogP contribution is -2.44. The van der Waals surface area contributed by atoms with Gasteiger partial charge in [-0.1, -0.05) is 18.2 Å². The number of urea groups is 1. The normalized spacial score (nSPS) is 12.0. The number of ether oxygens (including phenoxy) is 1. The molecule has 1 aromatic rings. The summed E-state index contributed by atoms with van der Waals surface area (Å²) in [6, 6.07) is 5.91. The monoisotopic (exact) mass is 371 g/mol. The Bertz CT molecular complexity index is 762. The van der Waals surface area contributed by atoms with Crippen LogP contribution in [-0.2, 0) is 24.3 Å². The van der Waals surface area contributed by atoms with E-state index in [2.05, 4.69) is 5.32 Å². The molecular weight excluding hydrogens is 350 g/mol. The van der Waals surface area contributed by atoms with Gasteiger partial charge in [0.15, 0.2) is 6.10 Å². The summed E-state index contributed by atoms with van der Waals surface area (Å²) in [6.07, 6.45) is -0.294. The minimum Gasteiger partial charge on any atom is -0.451 e. The Morgan fingerprint density at radius 3 is 2.36 bits per heavy atom. The zero-order valence-corrected chi connectivity index (χ0v) is 15.2. The van der Waals surface area contributed by atoms with E-state index in [1.807, 2.05) is 5.32 Å². The summed E-state index contributed by atoms with van der Waals surface area (Å²) >= 11 is 0. The third-order valence-corrected chi connectivity index (χ3v) is 4.32. The van der Waals surface area contributed by atoms with Crippen molar-refractivity contribution in [2.45, 2.75) is 20.0 Å². The molecule has 1 rings (SSSR count). The lowest BCUT2D eigenvalue weighted by Gasteiger charge is -2.23. The fraction of sp³-hybridized carbons (Fsp3) is 0.400. The fourth-order valence-corrected chi connectivity index (χ4v) is 2.81. The smallest absolute Gasteiger partial charge is 0.327 e. The van der Waals surface area contributed by atoms with Crippen LogP contribution in [0.3, 0.4) is 0 Å². The van der Waals surface area contributed by atoms with Crippen LogP contribution in [0, 0.1) is 6.92 Å². The summed E-state index contributed by atoms with van der Waals surface area (Å²) in [7, 11) is -2.42. The van der Waals surface area contributed by atoms with E-state index >= 15 is 0 Å². The molecule has 0 heterocycles. The van der Waals surface area contributed by atoms with Gasteiger partial charge in [-0.05, 0) is 25.5 Å². The van der Waals surface area contributed by atoms with Gasteiger partial charge in [-0.2, -0.15) is 0 Å². The highest BCUT2D eigenvalue weighted by Crippen LogP contribution is 2.21. The molecule has 2 N–H and O–H groups in total. The van der Waals surface area contributed by atoms with Gasteiger partial charge in [-0.15, -0.1) is 0 Å². The average molecular weight is 371 g/mol. The van der Waals surface area contributed by atoms with Gasteiger partial charge in [0, 0.05) is 7.05 Å². The van der Waals surface area contributed by atoms with E-state index in [0.717, 1.165) is 10.6 Å². The number of rotatable bonds is 6. The Kier molecular flexibility index (Phi) is 6.92. The van der Waals surface area contributed by atoms with E-state index in [0.29, 0.717) is 11.3 Å². The van der Waals surface area contributed by atoms with Crippen molar-refractivity contribution in [3.05, 3.63) is 29.8 Å². The highest BCUT2D eigenvalue weighted by atomic mass is 32.2. The standard InChI is InChI=1S/C15H21N3O6S/c1-10-7-5-6-8-12(10)18(25(4,22)23)9-13(19)24-11(2)14(20)17-15(21)16-3/h5-8,11H,9H2,1-4H3,(H2,16,17,20,21)/t11-/m1/s1. The Hall–Kier alpha value is -2.62. The van der Waals surface area contributed by atoms with Gasteiger partial charge < -0.3 is 10.1 Å². The summed E-state index contributed by atoms with van der Waals surface area (Å²) < 4.78 is 29.8. The lowest BCUT2D eigenvalue weighted by molar-refractivity contribution is -0.152. The maximum atomic E-state index is 12.0. The van der Waals surface area contributed by atoms with Gasteiger partial charge in [-0.25, -0.2) is 13.2 Å². The average Bonchev–Trinajstić information content (AvgIpc) is 2.52. The first kappa shape index (κ1) is 20.4. The number of esters is 1. The van der Waals surface area contributed by atoms with Crippen LogP contribution in [0.4, 0.5) is 10.5 Å². The summed E-state index contributed by atoms with van der Waals surface area (Å²) in [5, 5.41) is 4.15. The second-order valence-electron chi connectivity index (χ2n) is 5.26. The molecule has 1 aromatic carbocycles. The fourth-order valence-electron chi connectivity index (χ4n) is 1.91. The first-order valence-electron chi connectivity index (χ1n) is 7.31. The second-order valence-corrected chi connectivity index (χ2v) is 7.16. The number of carbonyl (C=O) groups is 3. The van der Waals surface area contributed by atoms with E-state index in [9.17, 15) is 22.8 Å². The van der Waals surface area contributed by atoms with E-state index in [4.69, 9.17) is 4.74 Å². The van der Waals surface area contributed by atoms with Gasteiger partial charge >= 0.3 is 12.0 Å². The highest BCUT2D eigenvalue weighted by molar-refractivity contribution is 7.92. The SMILES string of the molecule is CNC(=O)NC(=O)[C@@H](C)OC(=O)CN(c1ccccc1C)S(C)(=O)=O. The number of aryl methyl sites for hydroxylation is 1. The molecule has 138 valence electrons. The molecule has 0 saturated heterocycles. The molecule has 0 radical (unpaired) electrons. The number of imide groups is 1. The lowest BCUT2D eigenvalue weighted by atomic mass is 10.2. The molecule has 0 fully saturated rings. The van der Waals surface area contributed by atoms with Crippen molar-refractivity contribution >= 4 is 33.6 Å². The predicted molar refractivity (Wildman–Crippen MR) is 91.5 cm³/mol. The summed E-state index contributed by atoms with van der Waals surface area (Å²) in [5.74, 6) is -1.75. The number of amides is 3. The van der Waals surface area contributed by atoms with Crippen molar-refractivity contribution in [2.24, 2.45) is 0 Å². The molecule has 0 saturated carbocycles. The van der Waals surface area contributed by atoms with Crippen molar-refractivity contribution in [3.8, 4) is 0 Å². The zero-order valence-electron chi connectivity index (χ0n) is 14.4. The topological polar surface area (TPSA) is 122 Å². The molecule has 0 aliphatic rings. The molecule has 10 heteroatoms. The van der Waals surface area contributed by atoms with E-state index in [1.165, 1.54) is 14.0 Å². The molecule has 25 heavy (non-hydrogen) atoms. The van der Waals surface area contributed by atoms with Crippen LogP contribution in [0.5, 0.6) is 0 Å². The van der Waals surface area contributed by atoms with Crippen LogP contribution < -0.4 is 14.9 Å². The summed E-state index contributed by atoms with van der Waals surface area (Å²) in [4.78, 5) is 34.8. The van der Waals surface area contributed by atoms with Gasteiger partial charge in [0.2, 0.25) is 10.0 Å². The number of sulfonamides is 1. The number of nitrogens with one attached hydrogen (secondary N) is 2. The van der Waals surface area contributed by atoms with Crippen molar-refractivity contribution in [3.63, 3.8) is 0 Å². The van der Waals surface area contributed by atoms with E-state index in [-0.39, 0.29) is 0 Å². The number of anilines is 1. The number of benzene rings is 1. The molecule has 1 atom stereocenters. The Balaban J connectivity index is 2.86. The molecule has 9 nitrogen and oxygen atoms in total. The Labute approximate surface area is 146 Å². The third kappa shape index (κ3) is 6.07. The van der Waals surface area contributed by atoms with Crippen molar-refractivity contribution < 1.29 is 27.5 Å². The molecule has 0 aromatic heterocycles. The Morgan fingerprint density at radius 1 is 1.24 bits per heavy atom. The molecule has 0 spiro atoms. The number of hydrogen-bond donors (Lipinski definition) is 2. The van der Waals surface area contributed by atoms with E-state index < -0.39 is 40.6 Å². The van der Waals surface area contributed by atoms with Crippen LogP contribution in [0.1, 0.15) is 12.5 Å². The highest BCUT2D eigenvalue weighted by Gasteiger charge is 2.26. The quantitative estimate of drug-likeness (QED) is 0.687. The van der Waals surface area contributed by atoms with Crippen LogP contribution in [0.15, 0.2) is 24.3 Å².